The molecule has 0 saturated carbocycles. The summed E-state index contributed by atoms with van der Waals surface area (Å²) in [5.74, 6) is -0.235. The van der Waals surface area contributed by atoms with Crippen LogP contribution in [0, 0.1) is 0 Å². The number of carbonyl (C=O) groups excluding carboxylic acids is 1. The van der Waals surface area contributed by atoms with Crippen molar-refractivity contribution >= 4 is 22.5 Å². The number of nitrogens with zero attached hydrogens (tertiary/aromatic N) is 2. The maximum absolute atomic E-state index is 11.9. The highest BCUT2D eigenvalue weighted by Crippen LogP contribution is 2.18. The van der Waals surface area contributed by atoms with Crippen molar-refractivity contribution in [3.63, 3.8) is 0 Å². The first kappa shape index (κ1) is 14.0. The van der Waals surface area contributed by atoms with Gasteiger partial charge in [-0.3, -0.25) is 9.78 Å². The number of rotatable bonds is 4. The summed E-state index contributed by atoms with van der Waals surface area (Å²) in [6.07, 6.45) is 5.82. The van der Waals surface area contributed by atoms with E-state index in [1.54, 1.807) is 24.5 Å². The third-order valence-electron chi connectivity index (χ3n) is 3.41. The fourth-order valence-corrected chi connectivity index (χ4v) is 2.31. The minimum Gasteiger partial charge on any atom is -0.361 e. The van der Waals surface area contributed by atoms with Gasteiger partial charge in [-0.05, 0) is 30.7 Å². The van der Waals surface area contributed by atoms with Gasteiger partial charge in [-0.1, -0.05) is 18.2 Å². The minimum absolute atomic E-state index is 0.235. The lowest BCUT2D eigenvalue weighted by Gasteiger charge is -2.02. The number of hydrogen-bond donors (Lipinski definition) is 2. The number of fused-ring (bicyclic) bond motifs is 1. The molecule has 5 heteroatoms. The van der Waals surface area contributed by atoms with E-state index in [0.717, 1.165) is 16.8 Å². The summed E-state index contributed by atoms with van der Waals surface area (Å²) in [5, 5.41) is 5.34. The van der Waals surface area contributed by atoms with Gasteiger partial charge >= 0.3 is 0 Å². The van der Waals surface area contributed by atoms with E-state index in [0.29, 0.717) is 12.0 Å². The zero-order chi connectivity index (χ0) is 15.4. The zero-order valence-electron chi connectivity index (χ0n) is 12.2. The van der Waals surface area contributed by atoms with Gasteiger partial charge in [-0.25, -0.2) is 5.43 Å². The van der Waals surface area contributed by atoms with E-state index in [2.05, 4.69) is 26.6 Å². The topological polar surface area (TPSA) is 70.1 Å². The average molecular weight is 292 g/mol. The molecule has 5 nitrogen and oxygen atoms in total. The fraction of sp³-hybridized carbons (Fsp3) is 0.118. The summed E-state index contributed by atoms with van der Waals surface area (Å²) < 4.78 is 0. The van der Waals surface area contributed by atoms with E-state index in [9.17, 15) is 4.79 Å². The van der Waals surface area contributed by atoms with Crippen molar-refractivity contribution in [3.8, 4) is 0 Å². The molecule has 0 aliphatic heterocycles. The smallest absolute Gasteiger partial charge is 0.271 e. The van der Waals surface area contributed by atoms with Gasteiger partial charge in [0.15, 0.2) is 0 Å². The number of H-pyrrole nitrogens is 1. The number of carbonyl (C=O) groups is 1. The Kier molecular flexibility index (Phi) is 3.96. The lowest BCUT2D eigenvalue weighted by atomic mass is 10.1. The van der Waals surface area contributed by atoms with Crippen LogP contribution in [0.5, 0.6) is 0 Å². The van der Waals surface area contributed by atoms with Gasteiger partial charge in [0.2, 0.25) is 0 Å². The number of aromatic nitrogens is 2. The summed E-state index contributed by atoms with van der Waals surface area (Å²) in [4.78, 5) is 19.0. The normalized spacial score (nSPS) is 11.6. The molecule has 1 aromatic carbocycles. The van der Waals surface area contributed by atoms with Gasteiger partial charge in [0.05, 0.1) is 0 Å². The van der Waals surface area contributed by atoms with Crippen LogP contribution in [-0.2, 0) is 6.42 Å². The van der Waals surface area contributed by atoms with Crippen LogP contribution in [0.2, 0.25) is 0 Å². The van der Waals surface area contributed by atoms with Crippen molar-refractivity contribution in [1.82, 2.24) is 15.4 Å². The highest BCUT2D eigenvalue weighted by molar-refractivity contribution is 5.96. The van der Waals surface area contributed by atoms with Crippen LogP contribution >= 0.6 is 0 Å². The molecule has 110 valence electrons. The highest BCUT2D eigenvalue weighted by Gasteiger charge is 2.06. The Balaban J connectivity index is 1.69. The molecule has 2 heterocycles. The van der Waals surface area contributed by atoms with Crippen LogP contribution in [0.1, 0.15) is 22.8 Å². The molecular weight excluding hydrogens is 276 g/mol. The highest BCUT2D eigenvalue weighted by atomic mass is 16.2. The predicted octanol–water partition coefficient (Wildman–Crippen LogP) is 2.91. The second-order valence-electron chi connectivity index (χ2n) is 5.06. The van der Waals surface area contributed by atoms with Crippen LogP contribution in [-0.4, -0.2) is 21.6 Å². The standard InChI is InChI=1S/C17H16N4O/c1-12(20-21-17(22)13-6-8-18-9-7-13)10-14-11-19-16-5-3-2-4-15(14)16/h2-9,11,19H,10H2,1H3,(H,21,22)/b20-12-. The fourth-order valence-electron chi connectivity index (χ4n) is 2.31. The Morgan fingerprint density at radius 2 is 2.00 bits per heavy atom. The van der Waals surface area contributed by atoms with Crippen molar-refractivity contribution < 1.29 is 4.79 Å². The maximum atomic E-state index is 11.9. The first-order chi connectivity index (χ1) is 10.7. The molecule has 0 unspecified atom stereocenters. The molecule has 0 bridgehead atoms. The van der Waals surface area contributed by atoms with Crippen molar-refractivity contribution in [2.45, 2.75) is 13.3 Å². The lowest BCUT2D eigenvalue weighted by molar-refractivity contribution is 0.0954. The van der Waals surface area contributed by atoms with Crippen LogP contribution in [0.4, 0.5) is 0 Å². The number of pyridine rings is 1. The molecule has 3 rings (SSSR count). The first-order valence-corrected chi connectivity index (χ1v) is 7.02. The molecule has 22 heavy (non-hydrogen) atoms. The van der Waals surface area contributed by atoms with Crippen LogP contribution in [0.25, 0.3) is 10.9 Å². The van der Waals surface area contributed by atoms with Crippen molar-refractivity contribution in [1.29, 1.82) is 0 Å². The summed E-state index contributed by atoms with van der Waals surface area (Å²) in [5.41, 5.74) is 6.22. The predicted molar refractivity (Wildman–Crippen MR) is 86.8 cm³/mol. The quantitative estimate of drug-likeness (QED) is 0.573. The second-order valence-corrected chi connectivity index (χ2v) is 5.06. The lowest BCUT2D eigenvalue weighted by Crippen LogP contribution is -2.19. The van der Waals surface area contributed by atoms with Crippen molar-refractivity contribution in [2.24, 2.45) is 5.10 Å². The Morgan fingerprint density at radius 3 is 2.82 bits per heavy atom. The van der Waals surface area contributed by atoms with E-state index < -0.39 is 0 Å². The Morgan fingerprint density at radius 1 is 1.23 bits per heavy atom. The van der Waals surface area contributed by atoms with E-state index in [1.807, 2.05) is 31.3 Å². The zero-order valence-corrected chi connectivity index (χ0v) is 12.2. The van der Waals surface area contributed by atoms with E-state index >= 15 is 0 Å². The largest absolute Gasteiger partial charge is 0.361 e. The Hall–Kier alpha value is -2.95. The summed E-state index contributed by atoms with van der Waals surface area (Å²) in [7, 11) is 0. The number of nitrogens with one attached hydrogen (secondary N) is 2. The van der Waals surface area contributed by atoms with E-state index in [1.165, 1.54) is 5.39 Å². The molecule has 0 atom stereocenters. The van der Waals surface area contributed by atoms with Gasteiger partial charge in [0.1, 0.15) is 0 Å². The molecule has 2 aromatic heterocycles. The van der Waals surface area contributed by atoms with Gasteiger partial charge < -0.3 is 4.98 Å². The monoisotopic (exact) mass is 292 g/mol. The first-order valence-electron chi connectivity index (χ1n) is 7.02. The maximum Gasteiger partial charge on any atom is 0.271 e. The molecule has 0 saturated heterocycles. The van der Waals surface area contributed by atoms with Crippen LogP contribution in [0.3, 0.4) is 0 Å². The minimum atomic E-state index is -0.235. The molecule has 3 aromatic rings. The van der Waals surface area contributed by atoms with Crippen molar-refractivity contribution in [2.75, 3.05) is 0 Å². The summed E-state index contributed by atoms with van der Waals surface area (Å²) in [6.45, 7) is 1.90. The van der Waals surface area contributed by atoms with Crippen molar-refractivity contribution in [3.05, 3.63) is 66.1 Å². The van der Waals surface area contributed by atoms with Gasteiger partial charge in [-0.15, -0.1) is 0 Å². The molecule has 0 spiro atoms. The molecule has 0 aliphatic rings. The molecule has 0 radical (unpaired) electrons. The molecule has 1 amide bonds. The van der Waals surface area contributed by atoms with Gasteiger partial charge in [0.25, 0.3) is 5.91 Å². The number of amides is 1. The Labute approximate surface area is 128 Å². The van der Waals surface area contributed by atoms with E-state index in [-0.39, 0.29) is 5.91 Å². The summed E-state index contributed by atoms with van der Waals surface area (Å²) >= 11 is 0. The van der Waals surface area contributed by atoms with Crippen LogP contribution < -0.4 is 5.43 Å². The number of benzene rings is 1. The second kappa shape index (κ2) is 6.22. The molecule has 0 aliphatic carbocycles. The van der Waals surface area contributed by atoms with E-state index in [4.69, 9.17) is 0 Å². The third kappa shape index (κ3) is 3.03. The van der Waals surface area contributed by atoms with Crippen LogP contribution in [0.15, 0.2) is 60.1 Å². The number of hydrogen-bond acceptors (Lipinski definition) is 3. The number of para-hydroxylation sites is 1. The van der Waals surface area contributed by atoms with Gasteiger partial charge in [-0.2, -0.15) is 5.10 Å². The molecule has 2 N–H and O–H groups in total. The third-order valence-corrected chi connectivity index (χ3v) is 3.41. The number of hydrazone groups is 1. The number of aromatic amines is 1. The van der Waals surface area contributed by atoms with Gasteiger partial charge in [0, 0.05) is 47.2 Å². The SMILES string of the molecule is C/C(Cc1c[nH]c2ccccc12)=N/NC(=O)c1ccncc1. The molecular formula is C17H16N4O. The summed E-state index contributed by atoms with van der Waals surface area (Å²) in [6, 6.07) is 11.4. The Bertz CT molecular complexity index is 821. The molecule has 0 fully saturated rings. The average Bonchev–Trinajstić information content (AvgIpc) is 2.97.